The lowest BCUT2D eigenvalue weighted by Gasteiger charge is -2.31. The Morgan fingerprint density at radius 2 is 1.73 bits per heavy atom. The minimum Gasteiger partial charge on any atom is -0.338 e. The quantitative estimate of drug-likeness (QED) is 0.628. The Labute approximate surface area is 154 Å². The maximum atomic E-state index is 13.0. The number of imide groups is 1. The van der Waals surface area contributed by atoms with E-state index in [0.29, 0.717) is 12.1 Å². The van der Waals surface area contributed by atoms with E-state index in [4.69, 9.17) is 0 Å². The summed E-state index contributed by atoms with van der Waals surface area (Å²) >= 11 is 0. The van der Waals surface area contributed by atoms with E-state index >= 15 is 0 Å². The van der Waals surface area contributed by atoms with Crippen LogP contribution in [0.5, 0.6) is 0 Å². The Kier molecular flexibility index (Phi) is 5.58. The lowest BCUT2D eigenvalue weighted by molar-refractivity contribution is -0.856. The van der Waals surface area contributed by atoms with Gasteiger partial charge >= 0.3 is 0 Å². The highest BCUT2D eigenvalue weighted by Crippen LogP contribution is 2.29. The van der Waals surface area contributed by atoms with Crippen molar-refractivity contribution in [2.45, 2.75) is 12.5 Å². The van der Waals surface area contributed by atoms with Gasteiger partial charge in [-0.3, -0.25) is 19.5 Å². The third-order valence-corrected chi connectivity index (χ3v) is 4.48. The second kappa shape index (κ2) is 8.06. The van der Waals surface area contributed by atoms with Crippen molar-refractivity contribution in [1.82, 2.24) is 4.90 Å². The van der Waals surface area contributed by atoms with Gasteiger partial charge in [-0.2, -0.15) is 0 Å². The van der Waals surface area contributed by atoms with Crippen LogP contribution in [0.3, 0.4) is 0 Å². The first-order valence-corrected chi connectivity index (χ1v) is 8.85. The Morgan fingerprint density at radius 3 is 2.46 bits per heavy atom. The normalized spacial score (nSPS) is 17.2. The fourth-order valence-corrected chi connectivity index (χ4v) is 3.04. The van der Waals surface area contributed by atoms with E-state index in [1.165, 1.54) is 9.80 Å². The summed E-state index contributed by atoms with van der Waals surface area (Å²) in [4.78, 5) is 33.0. The molecular weight excluding hydrogens is 326 g/mol. The molecule has 0 fully saturated rings. The summed E-state index contributed by atoms with van der Waals surface area (Å²) in [5, 5.41) is 0. The van der Waals surface area contributed by atoms with E-state index in [-0.39, 0.29) is 18.4 Å². The summed E-state index contributed by atoms with van der Waals surface area (Å²) in [5.74, 6) is -0.958. The zero-order valence-electron chi connectivity index (χ0n) is 15.2. The van der Waals surface area contributed by atoms with Gasteiger partial charge in [-0.25, -0.2) is 0 Å². The van der Waals surface area contributed by atoms with Crippen molar-refractivity contribution in [2.24, 2.45) is 4.99 Å². The molecule has 1 aliphatic rings. The van der Waals surface area contributed by atoms with Crippen molar-refractivity contribution in [3.8, 4) is 0 Å². The number of benzene rings is 2. The van der Waals surface area contributed by atoms with Crippen molar-refractivity contribution in [1.29, 1.82) is 0 Å². The number of fused-ring (bicyclic) bond motifs is 1. The number of amides is 2. The number of quaternary nitrogens is 1. The zero-order valence-corrected chi connectivity index (χ0v) is 15.2. The summed E-state index contributed by atoms with van der Waals surface area (Å²) < 4.78 is 0. The minimum atomic E-state index is -0.509. The van der Waals surface area contributed by atoms with Gasteiger partial charge in [-0.15, -0.1) is 0 Å². The molecule has 2 aromatic rings. The Balaban J connectivity index is 1.89. The monoisotopic (exact) mass is 350 g/mol. The van der Waals surface area contributed by atoms with Gasteiger partial charge in [-0.1, -0.05) is 48.5 Å². The van der Waals surface area contributed by atoms with Crippen LogP contribution >= 0.6 is 0 Å². The van der Waals surface area contributed by atoms with Crippen LogP contribution in [0.4, 0.5) is 0 Å². The van der Waals surface area contributed by atoms with E-state index in [9.17, 15) is 9.59 Å². The molecule has 1 N–H and O–H groups in total. The molecule has 134 valence electrons. The highest BCUT2D eigenvalue weighted by atomic mass is 16.2. The number of rotatable bonds is 6. The molecule has 0 aliphatic carbocycles. The van der Waals surface area contributed by atoms with E-state index in [0.717, 1.165) is 17.7 Å². The molecule has 0 saturated heterocycles. The SMILES string of the molecule is C[NH+](C)CCN=CC1C(=O)N(Cc2ccccc2)C(=O)c2ccccc21. The number of nitrogens with one attached hydrogen (secondary N) is 1. The van der Waals surface area contributed by atoms with Crippen molar-refractivity contribution >= 4 is 18.0 Å². The topological polar surface area (TPSA) is 54.2 Å². The molecule has 0 spiro atoms. The van der Waals surface area contributed by atoms with Crippen LogP contribution in [-0.4, -0.2) is 50.1 Å². The van der Waals surface area contributed by atoms with Crippen molar-refractivity contribution < 1.29 is 14.5 Å². The number of aliphatic imine (C=N–C) groups is 1. The third-order valence-electron chi connectivity index (χ3n) is 4.48. The van der Waals surface area contributed by atoms with Crippen LogP contribution in [0.25, 0.3) is 0 Å². The maximum absolute atomic E-state index is 13.0. The average Bonchev–Trinajstić information content (AvgIpc) is 2.65. The molecule has 1 atom stereocenters. The summed E-state index contributed by atoms with van der Waals surface area (Å²) in [6, 6.07) is 16.9. The van der Waals surface area contributed by atoms with Gasteiger partial charge < -0.3 is 4.90 Å². The van der Waals surface area contributed by atoms with Crippen LogP contribution in [0.1, 0.15) is 27.4 Å². The summed E-state index contributed by atoms with van der Waals surface area (Å²) in [7, 11) is 4.13. The Bertz CT molecular complexity index is 815. The highest BCUT2D eigenvalue weighted by Gasteiger charge is 2.37. The lowest BCUT2D eigenvalue weighted by Crippen LogP contribution is -3.06. The second-order valence-corrected chi connectivity index (χ2v) is 6.79. The van der Waals surface area contributed by atoms with Gasteiger partial charge in [0, 0.05) is 11.8 Å². The summed E-state index contributed by atoms with van der Waals surface area (Å²) in [6.45, 7) is 1.83. The Morgan fingerprint density at radius 1 is 1.04 bits per heavy atom. The van der Waals surface area contributed by atoms with Gasteiger partial charge in [-0.05, 0) is 17.2 Å². The van der Waals surface area contributed by atoms with Crippen molar-refractivity contribution in [3.05, 3.63) is 71.3 Å². The maximum Gasteiger partial charge on any atom is 0.261 e. The van der Waals surface area contributed by atoms with Crippen molar-refractivity contribution in [2.75, 3.05) is 27.2 Å². The van der Waals surface area contributed by atoms with Crippen LogP contribution < -0.4 is 4.90 Å². The molecule has 5 nitrogen and oxygen atoms in total. The van der Waals surface area contributed by atoms with E-state index < -0.39 is 5.92 Å². The van der Waals surface area contributed by atoms with Crippen LogP contribution in [0.2, 0.25) is 0 Å². The molecule has 2 amide bonds. The first-order chi connectivity index (χ1) is 12.6. The number of hydrogen-bond donors (Lipinski definition) is 1. The average molecular weight is 350 g/mol. The van der Waals surface area contributed by atoms with E-state index in [2.05, 4.69) is 19.1 Å². The van der Waals surface area contributed by atoms with E-state index in [1.807, 2.05) is 48.5 Å². The van der Waals surface area contributed by atoms with Gasteiger partial charge in [0.2, 0.25) is 5.91 Å². The summed E-state index contributed by atoms with van der Waals surface area (Å²) in [5.41, 5.74) is 2.26. The van der Waals surface area contributed by atoms with Crippen LogP contribution in [-0.2, 0) is 11.3 Å². The summed E-state index contributed by atoms with van der Waals surface area (Å²) in [6.07, 6.45) is 1.70. The number of carbonyl (C=O) groups excluding carboxylic acids is 2. The predicted octanol–water partition coefficient (Wildman–Crippen LogP) is 1.17. The largest absolute Gasteiger partial charge is 0.338 e. The van der Waals surface area contributed by atoms with Crippen LogP contribution in [0, 0.1) is 0 Å². The Hall–Kier alpha value is -2.79. The first-order valence-electron chi connectivity index (χ1n) is 8.85. The first kappa shape index (κ1) is 18.0. The minimum absolute atomic E-state index is 0.210. The molecule has 26 heavy (non-hydrogen) atoms. The highest BCUT2D eigenvalue weighted by molar-refractivity contribution is 6.16. The fraction of sp³-hybridized carbons (Fsp3) is 0.286. The standard InChI is InChI=1S/C21H23N3O2/c1-23(2)13-12-22-14-19-17-10-6-7-11-18(17)20(25)24(21(19)26)15-16-8-4-3-5-9-16/h3-11,14,19H,12-13,15H2,1-2H3/p+1. The number of hydrogen-bond acceptors (Lipinski definition) is 3. The number of carbonyl (C=O) groups is 2. The molecule has 0 bridgehead atoms. The molecule has 1 heterocycles. The van der Waals surface area contributed by atoms with E-state index in [1.54, 1.807) is 12.3 Å². The molecule has 0 radical (unpaired) electrons. The molecule has 5 heteroatoms. The van der Waals surface area contributed by atoms with Gasteiger partial charge in [0.1, 0.15) is 0 Å². The molecule has 0 saturated carbocycles. The van der Waals surface area contributed by atoms with Crippen molar-refractivity contribution in [3.63, 3.8) is 0 Å². The number of nitrogens with zero attached hydrogens (tertiary/aromatic N) is 2. The van der Waals surface area contributed by atoms with Crippen LogP contribution in [0.15, 0.2) is 59.6 Å². The van der Waals surface area contributed by atoms with Gasteiger partial charge in [0.05, 0.1) is 39.6 Å². The number of likely N-dealkylation sites (N-methyl/N-ethyl adjacent to an activating group) is 1. The smallest absolute Gasteiger partial charge is 0.261 e. The second-order valence-electron chi connectivity index (χ2n) is 6.79. The molecule has 2 aromatic carbocycles. The lowest BCUT2D eigenvalue weighted by atomic mass is 9.89. The fourth-order valence-electron chi connectivity index (χ4n) is 3.04. The molecule has 0 aromatic heterocycles. The molecule has 3 rings (SSSR count). The third kappa shape index (κ3) is 3.89. The predicted molar refractivity (Wildman–Crippen MR) is 102 cm³/mol. The molecule has 1 unspecified atom stereocenters. The van der Waals surface area contributed by atoms with Gasteiger partial charge in [0.25, 0.3) is 5.91 Å². The van der Waals surface area contributed by atoms with Gasteiger partial charge in [0.15, 0.2) is 0 Å². The zero-order chi connectivity index (χ0) is 18.5. The molecule has 1 aliphatic heterocycles. The molecular formula is C21H24N3O2+.